The van der Waals surface area contributed by atoms with E-state index in [1.807, 2.05) is 48.7 Å². The normalized spacial score (nSPS) is 11.0. The molecule has 2 N–H and O–H groups in total. The van der Waals surface area contributed by atoms with E-state index in [2.05, 4.69) is 15.6 Å². The van der Waals surface area contributed by atoms with Gasteiger partial charge in [-0.1, -0.05) is 29.8 Å². The first-order valence-corrected chi connectivity index (χ1v) is 9.41. The van der Waals surface area contributed by atoms with Crippen molar-refractivity contribution in [1.29, 1.82) is 0 Å². The van der Waals surface area contributed by atoms with E-state index in [0.29, 0.717) is 6.54 Å². The topological polar surface area (TPSA) is 58.4 Å². The smallest absolute Gasteiger partial charge is 0.250 e. The summed E-state index contributed by atoms with van der Waals surface area (Å²) >= 11 is 5.90. The van der Waals surface area contributed by atoms with Crippen molar-refractivity contribution in [3.05, 3.63) is 69.1 Å². The van der Waals surface area contributed by atoms with Gasteiger partial charge in [0, 0.05) is 36.4 Å². The Balaban J connectivity index is 0.00000364. The summed E-state index contributed by atoms with van der Waals surface area (Å²) in [6.45, 7) is 6.98. The number of aliphatic imine (C=N–C) groups is 1. The molecule has 2 aromatic rings. The Morgan fingerprint density at radius 2 is 1.85 bits per heavy atom. The quantitative estimate of drug-likeness (QED) is 0.249. The summed E-state index contributed by atoms with van der Waals surface area (Å²) in [6.07, 6.45) is 1.90. The Labute approximate surface area is 183 Å². The number of hydrogen-bond donors (Lipinski definition) is 2. The second kappa shape index (κ2) is 12.8. The molecule has 0 unspecified atom stereocenters. The van der Waals surface area contributed by atoms with Crippen molar-refractivity contribution in [2.45, 2.75) is 39.8 Å². The fourth-order valence-electron chi connectivity index (χ4n) is 2.61. The Bertz CT molecular complexity index is 774. The molecule has 1 aromatic carbocycles. The van der Waals surface area contributed by atoms with E-state index < -0.39 is 0 Å². The third-order valence-corrected chi connectivity index (χ3v) is 4.30. The van der Waals surface area contributed by atoms with Crippen LogP contribution in [0.1, 0.15) is 31.0 Å². The molecule has 0 saturated carbocycles. The number of nitrogens with zero attached hydrogens (tertiary/aromatic N) is 2. The minimum atomic E-state index is 0. The van der Waals surface area contributed by atoms with Crippen LogP contribution in [0.25, 0.3) is 0 Å². The summed E-state index contributed by atoms with van der Waals surface area (Å²) in [6, 6.07) is 13.1. The summed E-state index contributed by atoms with van der Waals surface area (Å²) in [7, 11) is 0. The highest BCUT2D eigenvalue weighted by Gasteiger charge is 2.00. The molecule has 148 valence electrons. The number of halogens is 2. The largest absolute Gasteiger partial charge is 0.357 e. The number of rotatable bonds is 8. The van der Waals surface area contributed by atoms with Crippen LogP contribution in [0, 0.1) is 6.92 Å². The van der Waals surface area contributed by atoms with Crippen LogP contribution in [-0.2, 0) is 13.1 Å². The lowest BCUT2D eigenvalue weighted by Gasteiger charge is -2.12. The van der Waals surface area contributed by atoms with E-state index in [1.54, 1.807) is 12.1 Å². The highest BCUT2D eigenvalue weighted by molar-refractivity contribution is 14.0. The van der Waals surface area contributed by atoms with Crippen molar-refractivity contribution in [3.8, 4) is 0 Å². The number of aromatic nitrogens is 1. The van der Waals surface area contributed by atoms with Gasteiger partial charge in [-0.25, -0.2) is 4.99 Å². The van der Waals surface area contributed by atoms with Gasteiger partial charge < -0.3 is 15.2 Å². The van der Waals surface area contributed by atoms with E-state index in [1.165, 1.54) is 0 Å². The van der Waals surface area contributed by atoms with Gasteiger partial charge in [-0.05, 0) is 50.5 Å². The second-order valence-corrected chi connectivity index (χ2v) is 6.55. The van der Waals surface area contributed by atoms with E-state index in [9.17, 15) is 4.79 Å². The van der Waals surface area contributed by atoms with Gasteiger partial charge in [0.05, 0.1) is 6.54 Å². The number of hydrogen-bond acceptors (Lipinski definition) is 2. The zero-order valence-corrected chi connectivity index (χ0v) is 19.0. The SMILES string of the molecule is CCNC(=NCc1ccc(Cl)cc1)NCCCCn1c(C)cccc1=O.I. The maximum absolute atomic E-state index is 11.8. The van der Waals surface area contributed by atoms with Gasteiger partial charge in [-0.3, -0.25) is 4.79 Å². The first-order valence-electron chi connectivity index (χ1n) is 9.03. The average Bonchev–Trinajstić information content (AvgIpc) is 2.62. The van der Waals surface area contributed by atoms with E-state index in [0.717, 1.165) is 54.7 Å². The number of aryl methyl sites for hydroxylation is 1. The summed E-state index contributed by atoms with van der Waals surface area (Å²) in [5.41, 5.74) is 2.18. The molecule has 0 aliphatic heterocycles. The van der Waals surface area contributed by atoms with Gasteiger partial charge in [0.25, 0.3) is 5.56 Å². The summed E-state index contributed by atoms with van der Waals surface area (Å²) in [5.74, 6) is 0.801. The Kier molecular flexibility index (Phi) is 11.1. The third-order valence-electron chi connectivity index (χ3n) is 4.05. The molecule has 0 bridgehead atoms. The van der Waals surface area contributed by atoms with Crippen molar-refractivity contribution < 1.29 is 0 Å². The molecule has 0 saturated heterocycles. The minimum Gasteiger partial charge on any atom is -0.357 e. The lowest BCUT2D eigenvalue weighted by atomic mass is 10.2. The number of unbranched alkanes of at least 4 members (excludes halogenated alkanes) is 1. The highest BCUT2D eigenvalue weighted by atomic mass is 127. The van der Waals surface area contributed by atoms with Crippen LogP contribution in [0.15, 0.2) is 52.3 Å². The molecule has 0 radical (unpaired) electrons. The molecule has 5 nitrogen and oxygen atoms in total. The van der Waals surface area contributed by atoms with Gasteiger partial charge in [-0.2, -0.15) is 0 Å². The van der Waals surface area contributed by atoms with Crippen LogP contribution in [-0.4, -0.2) is 23.6 Å². The van der Waals surface area contributed by atoms with E-state index >= 15 is 0 Å². The van der Waals surface area contributed by atoms with Gasteiger partial charge in [0.1, 0.15) is 0 Å². The Morgan fingerprint density at radius 1 is 1.11 bits per heavy atom. The van der Waals surface area contributed by atoms with E-state index in [-0.39, 0.29) is 29.5 Å². The molecule has 27 heavy (non-hydrogen) atoms. The average molecular weight is 503 g/mol. The first kappa shape index (κ1) is 23.5. The molecule has 1 heterocycles. The van der Waals surface area contributed by atoms with Crippen molar-refractivity contribution in [3.63, 3.8) is 0 Å². The number of guanidine groups is 1. The molecule has 2 rings (SSSR count). The van der Waals surface area contributed by atoms with E-state index in [4.69, 9.17) is 11.6 Å². The molecule has 0 fully saturated rings. The Hall–Kier alpha value is -1.54. The molecule has 0 amide bonds. The van der Waals surface area contributed by atoms with Crippen LogP contribution in [0.2, 0.25) is 5.02 Å². The number of benzene rings is 1. The third kappa shape index (κ3) is 8.34. The van der Waals surface area contributed by atoms with Gasteiger partial charge in [0.2, 0.25) is 0 Å². The Morgan fingerprint density at radius 3 is 2.52 bits per heavy atom. The highest BCUT2D eigenvalue weighted by Crippen LogP contribution is 2.10. The van der Waals surface area contributed by atoms with Crippen LogP contribution in [0.4, 0.5) is 0 Å². The van der Waals surface area contributed by atoms with Crippen molar-refractivity contribution in [2.75, 3.05) is 13.1 Å². The molecule has 1 aromatic heterocycles. The minimum absolute atomic E-state index is 0. The van der Waals surface area contributed by atoms with Crippen LogP contribution < -0.4 is 16.2 Å². The number of pyridine rings is 1. The molecule has 0 spiro atoms. The first-order chi connectivity index (χ1) is 12.6. The molecule has 0 atom stereocenters. The monoisotopic (exact) mass is 502 g/mol. The van der Waals surface area contributed by atoms with Gasteiger partial charge in [-0.15, -0.1) is 24.0 Å². The molecule has 7 heteroatoms. The summed E-state index contributed by atoms with van der Waals surface area (Å²) in [5, 5.41) is 7.32. The van der Waals surface area contributed by atoms with Crippen molar-refractivity contribution in [1.82, 2.24) is 15.2 Å². The number of nitrogens with one attached hydrogen (secondary N) is 2. The van der Waals surface area contributed by atoms with Gasteiger partial charge >= 0.3 is 0 Å². The standard InChI is InChI=1S/C20H27ClN4O.HI/c1-3-22-20(24-15-17-9-11-18(21)12-10-17)23-13-4-5-14-25-16(2)7-6-8-19(25)26;/h6-12H,3-5,13-15H2,1-2H3,(H2,22,23,24);1H. The van der Waals surface area contributed by atoms with Crippen molar-refractivity contribution >= 4 is 41.5 Å². The zero-order valence-electron chi connectivity index (χ0n) is 15.9. The fraction of sp³-hybridized carbons (Fsp3) is 0.400. The predicted octanol–water partition coefficient (Wildman–Crippen LogP) is 3.96. The molecular formula is C20H28ClIN4O. The van der Waals surface area contributed by atoms with Crippen molar-refractivity contribution in [2.24, 2.45) is 4.99 Å². The maximum Gasteiger partial charge on any atom is 0.250 e. The molecular weight excluding hydrogens is 475 g/mol. The van der Waals surface area contributed by atoms with Crippen LogP contribution >= 0.6 is 35.6 Å². The second-order valence-electron chi connectivity index (χ2n) is 6.11. The lowest BCUT2D eigenvalue weighted by Crippen LogP contribution is -2.37. The van der Waals surface area contributed by atoms with Gasteiger partial charge in [0.15, 0.2) is 5.96 Å². The zero-order chi connectivity index (χ0) is 18.8. The molecule has 0 aliphatic rings. The van der Waals surface area contributed by atoms with Crippen LogP contribution in [0.5, 0.6) is 0 Å². The fourth-order valence-corrected chi connectivity index (χ4v) is 2.74. The summed E-state index contributed by atoms with van der Waals surface area (Å²) < 4.78 is 1.82. The molecule has 0 aliphatic carbocycles. The predicted molar refractivity (Wildman–Crippen MR) is 124 cm³/mol. The van der Waals surface area contributed by atoms with Crippen LogP contribution in [0.3, 0.4) is 0 Å². The summed E-state index contributed by atoms with van der Waals surface area (Å²) in [4.78, 5) is 16.4. The lowest BCUT2D eigenvalue weighted by molar-refractivity contribution is 0.575. The maximum atomic E-state index is 11.8.